The van der Waals surface area contributed by atoms with E-state index in [9.17, 15) is 18.0 Å². The van der Waals surface area contributed by atoms with Gasteiger partial charge in [0.1, 0.15) is 5.82 Å². The minimum absolute atomic E-state index is 0.0298. The van der Waals surface area contributed by atoms with Crippen molar-refractivity contribution in [1.82, 2.24) is 14.9 Å². The number of aryl methyl sites for hydroxylation is 1. The molecule has 218 valence electrons. The fourth-order valence-corrected chi connectivity index (χ4v) is 5.72. The van der Waals surface area contributed by atoms with Crippen LogP contribution in [0.1, 0.15) is 32.7 Å². The lowest BCUT2D eigenvalue weighted by Gasteiger charge is -2.37. The third-order valence-corrected chi connectivity index (χ3v) is 8.06. The zero-order chi connectivity index (χ0) is 29.7. The van der Waals surface area contributed by atoms with Crippen LogP contribution in [0.25, 0.3) is 0 Å². The number of anilines is 2. The average molecular weight is 592 g/mol. The van der Waals surface area contributed by atoms with E-state index in [2.05, 4.69) is 9.88 Å². The number of thioether (sulfide) groups is 1. The zero-order valence-electron chi connectivity index (χ0n) is 23.5. The van der Waals surface area contributed by atoms with Gasteiger partial charge in [0.05, 0.1) is 5.56 Å². The van der Waals surface area contributed by atoms with Crippen LogP contribution in [0.2, 0.25) is 0 Å². The molecule has 1 amide bonds. The number of alkyl halides is 3. The van der Waals surface area contributed by atoms with Crippen molar-refractivity contribution in [1.29, 1.82) is 0 Å². The number of amides is 1. The van der Waals surface area contributed by atoms with Gasteiger partial charge in [-0.15, -0.1) is 0 Å². The summed E-state index contributed by atoms with van der Waals surface area (Å²) in [6.07, 6.45) is -4.36. The lowest BCUT2D eigenvalue weighted by atomic mass is 10.1. The Bertz CT molecular complexity index is 1510. The molecule has 1 aliphatic rings. The van der Waals surface area contributed by atoms with Crippen LogP contribution in [0.3, 0.4) is 0 Å². The van der Waals surface area contributed by atoms with Crippen molar-refractivity contribution >= 4 is 29.2 Å². The second-order valence-electron chi connectivity index (χ2n) is 10.3. The second kappa shape index (κ2) is 12.9. The second-order valence-corrected chi connectivity index (χ2v) is 11.2. The third kappa shape index (κ3) is 7.42. The molecule has 4 aromatic rings. The van der Waals surface area contributed by atoms with Crippen LogP contribution in [0.5, 0.6) is 0 Å². The number of halogens is 3. The number of benzene rings is 3. The van der Waals surface area contributed by atoms with E-state index in [-0.39, 0.29) is 5.91 Å². The first-order valence-electron chi connectivity index (χ1n) is 13.7. The van der Waals surface area contributed by atoms with Crippen molar-refractivity contribution in [2.24, 2.45) is 0 Å². The Morgan fingerprint density at radius 1 is 0.857 bits per heavy atom. The standard InChI is InChI=1S/C32H32F3N5OS/c1-23-19-29(40-17-15-39(16-18-40)28-10-6-9-27(20-28)32(33,34)35)37-31(36-23)42-22-25-11-13-26(14-12-25)30(41)38(2)21-24-7-4-3-5-8-24/h3-14,19-20H,15-18,21-22H2,1-2H3. The summed E-state index contributed by atoms with van der Waals surface area (Å²) in [7, 11) is 1.80. The Morgan fingerprint density at radius 2 is 1.55 bits per heavy atom. The zero-order valence-corrected chi connectivity index (χ0v) is 24.3. The molecule has 42 heavy (non-hydrogen) atoms. The van der Waals surface area contributed by atoms with E-state index in [1.165, 1.54) is 23.9 Å². The summed E-state index contributed by atoms with van der Waals surface area (Å²) in [5.41, 5.74) is 3.58. The van der Waals surface area contributed by atoms with E-state index in [0.717, 1.165) is 28.7 Å². The molecule has 2 heterocycles. The normalized spacial score (nSPS) is 13.7. The number of rotatable bonds is 8. The van der Waals surface area contributed by atoms with Gasteiger partial charge >= 0.3 is 6.18 Å². The molecule has 3 aromatic carbocycles. The summed E-state index contributed by atoms with van der Waals surface area (Å²) in [5.74, 6) is 1.44. The lowest BCUT2D eigenvalue weighted by Crippen LogP contribution is -2.47. The van der Waals surface area contributed by atoms with E-state index in [1.54, 1.807) is 18.0 Å². The van der Waals surface area contributed by atoms with Crippen LogP contribution in [0.4, 0.5) is 24.7 Å². The molecule has 0 bridgehead atoms. The first-order chi connectivity index (χ1) is 20.2. The summed E-state index contributed by atoms with van der Waals surface area (Å²) in [6.45, 7) is 4.96. The Labute approximate surface area is 248 Å². The fourth-order valence-electron chi connectivity index (χ4n) is 4.87. The first-order valence-corrected chi connectivity index (χ1v) is 14.7. The smallest absolute Gasteiger partial charge is 0.368 e. The van der Waals surface area contributed by atoms with Crippen LogP contribution in [-0.4, -0.2) is 54.0 Å². The first kappa shape index (κ1) is 29.4. The number of hydrogen-bond acceptors (Lipinski definition) is 6. The summed E-state index contributed by atoms with van der Waals surface area (Å²) in [6, 6.07) is 24.9. The van der Waals surface area contributed by atoms with Gasteiger partial charge < -0.3 is 14.7 Å². The number of aromatic nitrogens is 2. The molecule has 1 saturated heterocycles. The molecule has 0 aliphatic carbocycles. The van der Waals surface area contributed by atoms with E-state index in [4.69, 9.17) is 4.98 Å². The molecule has 6 nitrogen and oxygen atoms in total. The highest BCUT2D eigenvalue weighted by Crippen LogP contribution is 2.32. The van der Waals surface area contributed by atoms with Gasteiger partial charge in [0.15, 0.2) is 5.16 Å². The molecular formula is C32H32F3N5OS. The van der Waals surface area contributed by atoms with Crippen LogP contribution in [0.15, 0.2) is 90.1 Å². The van der Waals surface area contributed by atoms with Crippen molar-refractivity contribution in [3.05, 3.63) is 113 Å². The van der Waals surface area contributed by atoms with Crippen molar-refractivity contribution in [2.45, 2.75) is 30.6 Å². The average Bonchev–Trinajstić information content (AvgIpc) is 3.00. The van der Waals surface area contributed by atoms with Crippen LogP contribution >= 0.6 is 11.8 Å². The molecule has 5 rings (SSSR count). The predicted octanol–water partition coefficient (Wildman–Crippen LogP) is 6.69. The third-order valence-electron chi connectivity index (χ3n) is 7.14. The highest BCUT2D eigenvalue weighted by Gasteiger charge is 2.31. The van der Waals surface area contributed by atoms with Crippen LogP contribution in [-0.2, 0) is 18.5 Å². The van der Waals surface area contributed by atoms with Crippen molar-refractivity contribution < 1.29 is 18.0 Å². The molecule has 0 radical (unpaired) electrons. The van der Waals surface area contributed by atoms with Crippen LogP contribution in [0, 0.1) is 6.92 Å². The van der Waals surface area contributed by atoms with Gasteiger partial charge in [-0.2, -0.15) is 13.2 Å². The number of carbonyl (C=O) groups is 1. The summed E-state index contributed by atoms with van der Waals surface area (Å²) < 4.78 is 39.5. The topological polar surface area (TPSA) is 52.6 Å². The van der Waals surface area contributed by atoms with E-state index < -0.39 is 11.7 Å². The number of hydrogen-bond donors (Lipinski definition) is 0. The van der Waals surface area contributed by atoms with Gasteiger partial charge in [-0.25, -0.2) is 9.97 Å². The number of piperazine rings is 1. The van der Waals surface area contributed by atoms with Gasteiger partial charge in [-0.1, -0.05) is 60.3 Å². The van der Waals surface area contributed by atoms with E-state index in [0.29, 0.717) is 54.9 Å². The van der Waals surface area contributed by atoms with Gasteiger partial charge in [0.2, 0.25) is 0 Å². The molecule has 1 aromatic heterocycles. The fraction of sp³-hybridized carbons (Fsp3) is 0.281. The molecule has 1 aliphatic heterocycles. The van der Waals surface area contributed by atoms with Gasteiger partial charge in [0.25, 0.3) is 5.91 Å². The van der Waals surface area contributed by atoms with Gasteiger partial charge in [0, 0.05) is 68.5 Å². The molecule has 0 spiro atoms. The number of nitrogens with zero attached hydrogens (tertiary/aromatic N) is 5. The highest BCUT2D eigenvalue weighted by atomic mass is 32.2. The minimum atomic E-state index is -4.36. The summed E-state index contributed by atoms with van der Waals surface area (Å²) in [5, 5.41) is 0.660. The number of carbonyl (C=O) groups excluding carboxylic acids is 1. The predicted molar refractivity (Wildman–Crippen MR) is 161 cm³/mol. The largest absolute Gasteiger partial charge is 0.416 e. The minimum Gasteiger partial charge on any atom is -0.368 e. The van der Waals surface area contributed by atoms with Gasteiger partial charge in [-0.05, 0) is 48.4 Å². The maximum Gasteiger partial charge on any atom is 0.416 e. The molecule has 0 unspecified atom stereocenters. The molecule has 1 fully saturated rings. The van der Waals surface area contributed by atoms with Gasteiger partial charge in [-0.3, -0.25) is 4.79 Å². The molecule has 0 saturated carbocycles. The monoisotopic (exact) mass is 591 g/mol. The van der Waals surface area contributed by atoms with Crippen molar-refractivity contribution in [3.63, 3.8) is 0 Å². The maximum absolute atomic E-state index is 13.2. The Morgan fingerprint density at radius 3 is 2.24 bits per heavy atom. The Hall–Kier alpha value is -4.05. The summed E-state index contributed by atoms with van der Waals surface area (Å²) >= 11 is 1.53. The van der Waals surface area contributed by atoms with Crippen LogP contribution < -0.4 is 9.80 Å². The molecule has 10 heteroatoms. The van der Waals surface area contributed by atoms with Crippen molar-refractivity contribution in [2.75, 3.05) is 43.0 Å². The molecular weight excluding hydrogens is 559 g/mol. The SMILES string of the molecule is Cc1cc(N2CCN(c3cccc(C(F)(F)F)c3)CC2)nc(SCc2ccc(C(=O)N(C)Cc3ccccc3)cc2)n1. The van der Waals surface area contributed by atoms with Crippen molar-refractivity contribution in [3.8, 4) is 0 Å². The maximum atomic E-state index is 13.2. The summed E-state index contributed by atoms with van der Waals surface area (Å²) in [4.78, 5) is 28.1. The highest BCUT2D eigenvalue weighted by molar-refractivity contribution is 7.98. The Kier molecular flexibility index (Phi) is 9.01. The quantitative estimate of drug-likeness (QED) is 0.168. The Balaban J connectivity index is 1.16. The molecule has 0 atom stereocenters. The van der Waals surface area contributed by atoms with E-state index >= 15 is 0 Å². The lowest BCUT2D eigenvalue weighted by molar-refractivity contribution is -0.137. The van der Waals surface area contributed by atoms with E-state index in [1.807, 2.05) is 72.5 Å². The molecule has 0 N–H and O–H groups in total.